The Morgan fingerprint density at radius 1 is 0.857 bits per heavy atom. The van der Waals surface area contributed by atoms with Crippen LogP contribution < -0.4 is 21.4 Å². The lowest BCUT2D eigenvalue weighted by Gasteiger charge is -2.37. The second kappa shape index (κ2) is 21.3. The Morgan fingerprint density at radius 2 is 1.51 bits per heavy atom. The van der Waals surface area contributed by atoms with E-state index in [0.717, 1.165) is 20.8 Å². The number of amides is 7. The number of aromatic nitrogens is 1. The Bertz CT molecular complexity index is 2080. The highest BCUT2D eigenvalue weighted by Crippen LogP contribution is 2.26. The van der Waals surface area contributed by atoms with Gasteiger partial charge in [0.1, 0.15) is 42.0 Å². The Morgan fingerprint density at radius 3 is 2.11 bits per heavy atom. The van der Waals surface area contributed by atoms with Crippen molar-refractivity contribution in [3.8, 4) is 0 Å². The van der Waals surface area contributed by atoms with Crippen molar-refractivity contribution >= 4 is 47.3 Å². The number of carbonyl (C=O) groups is 8. The predicted octanol–water partition coefficient (Wildman–Crippen LogP) is 0.193. The molecule has 1 aromatic heterocycles. The number of nitrogens with zero attached hydrogens (tertiary/aromatic N) is 4. The number of carbonyl (C=O) groups excluding carboxylic acids is 8. The number of fused-ring (bicyclic) bond motifs is 1. The number of hydrogen-bond donors (Lipinski definition) is 5. The number of aliphatic hydroxyl groups excluding tert-OH is 1. The molecule has 19 nitrogen and oxygen atoms in total. The number of ether oxygens (including phenoxy) is 1. The van der Waals surface area contributed by atoms with Gasteiger partial charge in [0.2, 0.25) is 35.4 Å². The number of rotatable bonds is 7. The molecule has 9 atom stereocenters. The van der Waals surface area contributed by atoms with Gasteiger partial charge in [-0.1, -0.05) is 65.0 Å². The maximum absolute atomic E-state index is 14.5. The zero-order valence-corrected chi connectivity index (χ0v) is 37.6. The van der Waals surface area contributed by atoms with Gasteiger partial charge < -0.3 is 50.4 Å². The third-order valence-corrected chi connectivity index (χ3v) is 11.7. The normalized spacial score (nSPS) is 27.0. The third kappa shape index (κ3) is 12.1. The minimum absolute atomic E-state index is 0.0384. The van der Waals surface area contributed by atoms with Gasteiger partial charge >= 0.3 is 5.97 Å². The van der Waals surface area contributed by atoms with Crippen LogP contribution in [0.4, 0.5) is 0 Å². The number of pyridine rings is 1. The molecule has 7 amide bonds. The van der Waals surface area contributed by atoms with Crippen LogP contribution in [0.5, 0.6) is 0 Å². The lowest BCUT2D eigenvalue weighted by atomic mass is 9.88. The van der Waals surface area contributed by atoms with Crippen molar-refractivity contribution < 1.29 is 48.2 Å². The summed E-state index contributed by atoms with van der Waals surface area (Å²) in [6.45, 7) is 11.1. The predicted molar refractivity (Wildman–Crippen MR) is 229 cm³/mol. The first kappa shape index (κ1) is 49.5. The number of aromatic amines is 1. The van der Waals surface area contributed by atoms with Gasteiger partial charge in [0, 0.05) is 52.4 Å². The summed E-state index contributed by atoms with van der Waals surface area (Å²) in [5, 5.41) is 18.7. The number of hydrogen-bond acceptors (Lipinski definition) is 11. The van der Waals surface area contributed by atoms with Gasteiger partial charge in [0.25, 0.3) is 5.91 Å². The van der Waals surface area contributed by atoms with Crippen LogP contribution >= 0.6 is 0 Å². The number of benzene rings is 1. The first-order chi connectivity index (χ1) is 29.5. The van der Waals surface area contributed by atoms with E-state index in [1.54, 1.807) is 51.1 Å². The van der Waals surface area contributed by atoms with Gasteiger partial charge in [0.05, 0.1) is 12.6 Å². The molecule has 0 bridgehead atoms. The Labute approximate surface area is 367 Å². The fraction of sp³-hybridized carbons (Fsp3) is 0.568. The highest BCUT2D eigenvalue weighted by Gasteiger charge is 2.45. The molecule has 2 saturated heterocycles. The number of aliphatic hydroxyl groups is 1. The van der Waals surface area contributed by atoms with Gasteiger partial charge in [-0.05, 0) is 43.6 Å². The molecule has 0 aliphatic carbocycles. The van der Waals surface area contributed by atoms with Crippen LogP contribution in [0.25, 0.3) is 0 Å². The molecule has 3 heterocycles. The zero-order chi connectivity index (χ0) is 47.0. The van der Waals surface area contributed by atoms with Gasteiger partial charge in [-0.3, -0.25) is 38.4 Å². The van der Waals surface area contributed by atoms with E-state index in [1.165, 1.54) is 52.2 Å². The molecule has 1 unspecified atom stereocenters. The quantitative estimate of drug-likeness (QED) is 0.235. The second-order valence-electron chi connectivity index (χ2n) is 17.4. The molecule has 2 aromatic rings. The molecule has 2 aliphatic heterocycles. The zero-order valence-electron chi connectivity index (χ0n) is 37.6. The number of likely N-dealkylation sites (N-methyl/N-ethyl adjacent to an activating group) is 3. The minimum atomic E-state index is -1.71. The van der Waals surface area contributed by atoms with E-state index in [1.807, 2.05) is 13.8 Å². The first-order valence-electron chi connectivity index (χ1n) is 21.1. The molecule has 63 heavy (non-hydrogen) atoms. The summed E-state index contributed by atoms with van der Waals surface area (Å²) >= 11 is 0. The van der Waals surface area contributed by atoms with E-state index in [9.17, 15) is 48.3 Å². The summed E-state index contributed by atoms with van der Waals surface area (Å²) in [6, 6.07) is 2.25. The van der Waals surface area contributed by atoms with E-state index in [4.69, 9.17) is 4.74 Å². The Hall–Kier alpha value is -6.11. The molecule has 4 rings (SSSR count). The lowest BCUT2D eigenvalue weighted by Crippen LogP contribution is -2.60. The van der Waals surface area contributed by atoms with Crippen LogP contribution in [-0.2, 0) is 38.3 Å². The van der Waals surface area contributed by atoms with Crippen molar-refractivity contribution in [2.75, 3.05) is 34.2 Å². The van der Waals surface area contributed by atoms with Gasteiger partial charge in [0.15, 0.2) is 11.5 Å². The fourth-order valence-electron chi connectivity index (χ4n) is 7.83. The van der Waals surface area contributed by atoms with Gasteiger partial charge in [-0.15, -0.1) is 0 Å². The Kier molecular flexibility index (Phi) is 16.8. The fourth-order valence-corrected chi connectivity index (χ4v) is 7.83. The van der Waals surface area contributed by atoms with Crippen LogP contribution in [0.2, 0.25) is 0 Å². The molecular weight excluding hydrogens is 817 g/mol. The summed E-state index contributed by atoms with van der Waals surface area (Å²) < 4.78 is 5.91. The lowest BCUT2D eigenvalue weighted by molar-refractivity contribution is -0.161. The Balaban J connectivity index is 1.86. The van der Waals surface area contributed by atoms with Crippen molar-refractivity contribution in [3.63, 3.8) is 0 Å². The topological polar surface area (TPSA) is 248 Å². The largest absolute Gasteiger partial charge is 0.458 e. The number of cyclic esters (lactones) is 1. The summed E-state index contributed by atoms with van der Waals surface area (Å²) in [5.74, 6) is -7.10. The maximum Gasteiger partial charge on any atom is 0.333 e. The smallest absolute Gasteiger partial charge is 0.333 e. The van der Waals surface area contributed by atoms with Crippen molar-refractivity contribution in [2.24, 2.45) is 17.8 Å². The van der Waals surface area contributed by atoms with E-state index < -0.39 is 114 Å². The first-order valence-corrected chi connectivity index (χ1v) is 21.1. The van der Waals surface area contributed by atoms with Crippen LogP contribution in [0.1, 0.15) is 83.4 Å². The van der Waals surface area contributed by atoms with Crippen LogP contribution in [0.3, 0.4) is 0 Å². The van der Waals surface area contributed by atoms with E-state index in [-0.39, 0.29) is 36.9 Å². The number of esters is 1. The number of nitrogens with one attached hydrogen (secondary N) is 4. The van der Waals surface area contributed by atoms with Crippen LogP contribution in [-0.4, -0.2) is 154 Å². The summed E-state index contributed by atoms with van der Waals surface area (Å²) in [4.78, 5) is 132. The maximum atomic E-state index is 14.5. The monoisotopic (exact) mass is 878 g/mol. The number of H-pyrrole nitrogens is 1. The molecule has 5 N–H and O–H groups in total. The molecule has 0 radical (unpaired) electrons. The van der Waals surface area contributed by atoms with Gasteiger partial charge in [-0.25, -0.2) is 4.79 Å². The van der Waals surface area contributed by atoms with Crippen LogP contribution in [0.15, 0.2) is 53.5 Å². The molecule has 344 valence electrons. The second-order valence-corrected chi connectivity index (χ2v) is 17.4. The van der Waals surface area contributed by atoms with Crippen molar-refractivity contribution in [1.29, 1.82) is 0 Å². The van der Waals surface area contributed by atoms with Gasteiger partial charge in [-0.2, -0.15) is 0 Å². The SMILES string of the molecule is CC(C)CC1NC(=O)[C@@H](NC(=O)c2cc(=O)cc[nH]2)[C@@H](C)OC(=O)[C@H](c2ccccc2)N(C)C(=O)[C@H](C)NC(=O)[C@H]([C@@H](C)C(C)C)N(C)C(=O)CN(C)C(=O)[C@H]2C[C@@H](O)CN2C1=O. The van der Waals surface area contributed by atoms with Crippen molar-refractivity contribution in [3.05, 3.63) is 70.1 Å². The highest BCUT2D eigenvalue weighted by atomic mass is 16.5. The molecule has 0 saturated carbocycles. The van der Waals surface area contributed by atoms with Crippen molar-refractivity contribution in [2.45, 2.75) is 110 Å². The van der Waals surface area contributed by atoms with E-state index in [0.29, 0.717) is 5.56 Å². The summed E-state index contributed by atoms with van der Waals surface area (Å²) in [6.07, 6.45) is -1.51. The molecule has 2 fully saturated rings. The average molecular weight is 879 g/mol. The van der Waals surface area contributed by atoms with Crippen molar-refractivity contribution in [1.82, 2.24) is 40.5 Å². The molecule has 19 heteroatoms. The molecule has 1 aromatic carbocycles. The van der Waals surface area contributed by atoms with E-state index in [2.05, 4.69) is 20.9 Å². The highest BCUT2D eigenvalue weighted by molar-refractivity contribution is 5.99. The molecule has 0 spiro atoms. The van der Waals surface area contributed by atoms with Crippen LogP contribution in [0, 0.1) is 17.8 Å². The molecule has 2 aliphatic rings. The summed E-state index contributed by atoms with van der Waals surface area (Å²) in [7, 11) is 4.13. The third-order valence-electron chi connectivity index (χ3n) is 11.7. The average Bonchev–Trinajstić information content (AvgIpc) is 3.62. The minimum Gasteiger partial charge on any atom is -0.458 e. The molecular formula is C44H62N8O11. The van der Waals surface area contributed by atoms with E-state index >= 15 is 0 Å². The standard InChI is InChI=1S/C44H62N8O11/c1-23(2)18-32-42(60)52-21-30(54)20-33(52)43(61)49(8)22-34(55)50(9)36(25(5)24(3)4)40(58)46-26(6)41(59)51(10)37(28-14-12-11-13-15-28)44(62)63-27(7)35(39(57)47-32)48-38(56)31-19-29(53)16-17-45-31/h11-17,19,23-27,30,32-33,35-37,54H,18,20-22H2,1-10H3,(H,45,53)(H,46,58)(H,47,57)(H,48,56)/t25-,26-,27+,30+,32?,33+,35-,36-,37-/m0/s1. The summed E-state index contributed by atoms with van der Waals surface area (Å²) in [5.41, 5.74) is -0.428.